The van der Waals surface area contributed by atoms with Crippen molar-refractivity contribution in [3.05, 3.63) is 59.7 Å². The number of hydrogen-bond acceptors (Lipinski definition) is 2. The zero-order valence-electron chi connectivity index (χ0n) is 9.22. The van der Waals surface area contributed by atoms with E-state index in [-0.39, 0.29) is 5.69 Å². The number of hydrogen-bond donors (Lipinski definition) is 0. The summed E-state index contributed by atoms with van der Waals surface area (Å²) >= 11 is 0. The van der Waals surface area contributed by atoms with Crippen LogP contribution in [0.15, 0.2) is 42.9 Å². The van der Waals surface area contributed by atoms with Gasteiger partial charge in [-0.1, -0.05) is 36.4 Å². The van der Waals surface area contributed by atoms with Crippen LogP contribution >= 0.6 is 0 Å². The Kier molecular flexibility index (Phi) is 3.41. The van der Waals surface area contributed by atoms with Crippen LogP contribution in [0.2, 0.25) is 0 Å². The maximum atomic E-state index is 12.7. The summed E-state index contributed by atoms with van der Waals surface area (Å²) in [5, 5.41) is 0. The molecule has 0 aliphatic rings. The smallest absolute Gasteiger partial charge is 0.244 e. The number of halogens is 3. The quantitative estimate of drug-likeness (QED) is 0.812. The molecule has 0 amide bonds. The molecule has 92 valence electrons. The van der Waals surface area contributed by atoms with E-state index in [1.807, 2.05) is 18.2 Å². The van der Waals surface area contributed by atoms with Crippen molar-refractivity contribution in [3.8, 4) is 0 Å². The van der Waals surface area contributed by atoms with Gasteiger partial charge in [-0.05, 0) is 11.6 Å². The molecule has 0 atom stereocenters. The third kappa shape index (κ3) is 2.94. The monoisotopic (exact) mass is 250 g/mol. The Morgan fingerprint density at radius 2 is 1.72 bits per heavy atom. The van der Waals surface area contributed by atoms with Crippen molar-refractivity contribution in [3.63, 3.8) is 0 Å². The lowest BCUT2D eigenvalue weighted by molar-refractivity contribution is -0.138. The van der Waals surface area contributed by atoms with E-state index >= 15 is 0 Å². The first kappa shape index (κ1) is 12.3. The molecular formula is C13H9F3N2. The molecule has 0 N–H and O–H groups in total. The highest BCUT2D eigenvalue weighted by molar-refractivity contribution is 5.69. The second-order valence-electron chi connectivity index (χ2n) is 3.56. The lowest BCUT2D eigenvalue weighted by Crippen LogP contribution is -2.09. The second kappa shape index (κ2) is 5.00. The number of benzene rings is 1. The van der Waals surface area contributed by atoms with Crippen molar-refractivity contribution in [2.45, 2.75) is 6.18 Å². The van der Waals surface area contributed by atoms with Crippen LogP contribution < -0.4 is 0 Å². The maximum Gasteiger partial charge on any atom is 0.419 e. The molecule has 1 aromatic heterocycles. The predicted octanol–water partition coefficient (Wildman–Crippen LogP) is 3.67. The molecule has 0 fully saturated rings. The molecule has 1 aromatic carbocycles. The van der Waals surface area contributed by atoms with Crippen molar-refractivity contribution in [1.29, 1.82) is 0 Å². The Bertz CT molecular complexity index is 548. The molecule has 2 nitrogen and oxygen atoms in total. The zero-order valence-corrected chi connectivity index (χ0v) is 9.22. The summed E-state index contributed by atoms with van der Waals surface area (Å²) in [6, 6.07) is 9.05. The minimum Gasteiger partial charge on any atom is -0.244 e. The van der Waals surface area contributed by atoms with Gasteiger partial charge in [0.05, 0.1) is 11.3 Å². The summed E-state index contributed by atoms with van der Waals surface area (Å²) in [4.78, 5) is 7.04. The normalized spacial score (nSPS) is 11.9. The van der Waals surface area contributed by atoms with Crippen molar-refractivity contribution in [2.24, 2.45) is 0 Å². The Morgan fingerprint density at radius 3 is 2.39 bits per heavy atom. The van der Waals surface area contributed by atoms with Crippen LogP contribution in [-0.4, -0.2) is 9.97 Å². The molecule has 0 aliphatic heterocycles. The topological polar surface area (TPSA) is 25.8 Å². The fourth-order valence-corrected chi connectivity index (χ4v) is 1.43. The van der Waals surface area contributed by atoms with E-state index in [1.54, 1.807) is 18.2 Å². The minimum absolute atomic E-state index is 0.138. The van der Waals surface area contributed by atoms with E-state index in [0.717, 1.165) is 18.1 Å². The van der Waals surface area contributed by atoms with E-state index in [0.29, 0.717) is 0 Å². The molecule has 0 bridgehead atoms. The first-order valence-corrected chi connectivity index (χ1v) is 5.18. The third-order valence-electron chi connectivity index (χ3n) is 2.28. The summed E-state index contributed by atoms with van der Waals surface area (Å²) in [6.45, 7) is 0. The Morgan fingerprint density at radius 1 is 1.00 bits per heavy atom. The fourth-order valence-electron chi connectivity index (χ4n) is 1.43. The summed E-state index contributed by atoms with van der Waals surface area (Å²) in [5.74, 6) is 0. The van der Waals surface area contributed by atoms with Gasteiger partial charge < -0.3 is 0 Å². The highest BCUT2D eigenvalue weighted by Crippen LogP contribution is 2.31. The molecule has 0 radical (unpaired) electrons. The van der Waals surface area contributed by atoms with E-state index in [4.69, 9.17) is 0 Å². The number of aromatic nitrogens is 2. The van der Waals surface area contributed by atoms with E-state index in [2.05, 4.69) is 9.97 Å². The van der Waals surface area contributed by atoms with Gasteiger partial charge in [0.15, 0.2) is 0 Å². The molecule has 0 saturated heterocycles. The highest BCUT2D eigenvalue weighted by atomic mass is 19.4. The van der Waals surface area contributed by atoms with Crippen LogP contribution in [-0.2, 0) is 6.18 Å². The molecule has 0 aliphatic carbocycles. The van der Waals surface area contributed by atoms with Gasteiger partial charge in [-0.25, -0.2) is 9.97 Å². The van der Waals surface area contributed by atoms with Crippen LogP contribution in [0.25, 0.3) is 12.2 Å². The number of nitrogens with zero attached hydrogens (tertiary/aromatic N) is 2. The fraction of sp³-hybridized carbons (Fsp3) is 0.0769. The lowest BCUT2D eigenvalue weighted by Gasteiger charge is -2.07. The second-order valence-corrected chi connectivity index (χ2v) is 3.56. The molecule has 2 rings (SSSR count). The molecule has 2 aromatic rings. The molecule has 5 heteroatoms. The average Bonchev–Trinajstić information content (AvgIpc) is 2.37. The van der Waals surface area contributed by atoms with E-state index in [1.165, 1.54) is 6.08 Å². The van der Waals surface area contributed by atoms with Gasteiger partial charge >= 0.3 is 6.18 Å². The molecular weight excluding hydrogens is 241 g/mol. The number of rotatable bonds is 2. The van der Waals surface area contributed by atoms with E-state index in [9.17, 15) is 13.2 Å². The molecule has 18 heavy (non-hydrogen) atoms. The van der Waals surface area contributed by atoms with Crippen LogP contribution in [0, 0.1) is 0 Å². The first-order valence-electron chi connectivity index (χ1n) is 5.18. The largest absolute Gasteiger partial charge is 0.419 e. The van der Waals surface area contributed by atoms with Gasteiger partial charge in [-0.2, -0.15) is 13.2 Å². The Balaban J connectivity index is 2.33. The first-order chi connectivity index (χ1) is 8.57. The van der Waals surface area contributed by atoms with Gasteiger partial charge in [-0.15, -0.1) is 0 Å². The average molecular weight is 250 g/mol. The number of alkyl halides is 3. The zero-order chi connectivity index (χ0) is 13.0. The lowest BCUT2D eigenvalue weighted by atomic mass is 10.1. The summed E-state index contributed by atoms with van der Waals surface area (Å²) in [6.07, 6.45) is 0.340. The Labute approximate surface area is 102 Å². The van der Waals surface area contributed by atoms with Crippen LogP contribution in [0.1, 0.15) is 16.8 Å². The van der Waals surface area contributed by atoms with Crippen LogP contribution in [0.5, 0.6) is 0 Å². The standard InChI is InChI=1S/C13H9F3N2/c14-13(15,16)11-8-17-9-18-12(11)7-6-10-4-2-1-3-5-10/h1-9H. The van der Waals surface area contributed by atoms with Crippen LogP contribution in [0.4, 0.5) is 13.2 Å². The summed E-state index contributed by atoms with van der Waals surface area (Å²) < 4.78 is 38.0. The van der Waals surface area contributed by atoms with Crippen molar-refractivity contribution in [1.82, 2.24) is 9.97 Å². The molecule has 0 saturated carbocycles. The minimum atomic E-state index is -4.45. The van der Waals surface area contributed by atoms with Gasteiger partial charge in [0, 0.05) is 6.20 Å². The molecule has 0 spiro atoms. The van der Waals surface area contributed by atoms with E-state index < -0.39 is 11.7 Å². The third-order valence-corrected chi connectivity index (χ3v) is 2.28. The van der Waals surface area contributed by atoms with Crippen molar-refractivity contribution >= 4 is 12.2 Å². The van der Waals surface area contributed by atoms with Crippen molar-refractivity contribution < 1.29 is 13.2 Å². The van der Waals surface area contributed by atoms with Gasteiger partial charge in [-0.3, -0.25) is 0 Å². The maximum absolute atomic E-state index is 12.7. The SMILES string of the molecule is FC(F)(F)c1cncnc1C=Cc1ccccc1. The molecule has 0 unspecified atom stereocenters. The summed E-state index contributed by atoms with van der Waals surface area (Å²) in [7, 11) is 0. The van der Waals surface area contributed by atoms with Crippen LogP contribution in [0.3, 0.4) is 0 Å². The van der Waals surface area contributed by atoms with Crippen molar-refractivity contribution in [2.75, 3.05) is 0 Å². The Hall–Kier alpha value is -2.17. The highest BCUT2D eigenvalue weighted by Gasteiger charge is 2.33. The molecule has 1 heterocycles. The summed E-state index contributed by atoms with van der Waals surface area (Å²) in [5.41, 5.74) is -0.164. The predicted molar refractivity (Wildman–Crippen MR) is 62.4 cm³/mol. The van der Waals surface area contributed by atoms with Gasteiger partial charge in [0.25, 0.3) is 0 Å². The van der Waals surface area contributed by atoms with Gasteiger partial charge in [0.1, 0.15) is 6.33 Å². The van der Waals surface area contributed by atoms with Gasteiger partial charge in [0.2, 0.25) is 0 Å².